The summed E-state index contributed by atoms with van der Waals surface area (Å²) in [7, 11) is 1.50. The molecular weight excluding hydrogens is 142 g/mol. The highest BCUT2D eigenvalue weighted by atomic mass is 16.3. The molecule has 3 N–H and O–H groups in total. The van der Waals surface area contributed by atoms with Gasteiger partial charge in [-0.15, -0.1) is 0 Å². The van der Waals surface area contributed by atoms with Gasteiger partial charge in [0.15, 0.2) is 0 Å². The average Bonchev–Trinajstić information content (AvgIpc) is 2.13. The van der Waals surface area contributed by atoms with E-state index >= 15 is 0 Å². The molecule has 0 bridgehead atoms. The number of aromatic hydroxyl groups is 1. The van der Waals surface area contributed by atoms with Gasteiger partial charge in [-0.2, -0.15) is 0 Å². The maximum Gasteiger partial charge on any atom is 0.115 e. The van der Waals surface area contributed by atoms with E-state index in [0.29, 0.717) is 5.75 Å². The summed E-state index contributed by atoms with van der Waals surface area (Å²) in [5.74, 6) is 0.322. The second-order valence-electron chi connectivity index (χ2n) is 1.34. The molecule has 11 heavy (non-hydrogen) atoms. The molecule has 0 unspecified atom stereocenters. The summed E-state index contributed by atoms with van der Waals surface area (Å²) in [5, 5.41) is 8.63. The Morgan fingerprint density at radius 1 is 1.18 bits per heavy atom. The van der Waals surface area contributed by atoms with E-state index < -0.39 is 0 Å². The molecule has 3 heteroatoms. The highest BCUT2D eigenvalue weighted by molar-refractivity contribution is 5.18. The van der Waals surface area contributed by atoms with Crippen molar-refractivity contribution in [1.82, 2.24) is 0 Å². The Morgan fingerprint density at radius 3 is 1.73 bits per heavy atom. The maximum atomic E-state index is 8.63. The summed E-state index contributed by atoms with van der Waals surface area (Å²) in [6.45, 7) is 2.00. The van der Waals surface area contributed by atoms with E-state index in [9.17, 15) is 0 Å². The van der Waals surface area contributed by atoms with Crippen LogP contribution in [0.5, 0.6) is 5.75 Å². The molecule has 0 saturated heterocycles. The van der Waals surface area contributed by atoms with Gasteiger partial charge in [-0.3, -0.25) is 0 Å². The van der Waals surface area contributed by atoms with E-state index in [1.165, 1.54) is 7.05 Å². The first-order valence-electron chi connectivity index (χ1n) is 3.00. The minimum absolute atomic E-state index is 0.322. The van der Waals surface area contributed by atoms with E-state index in [4.69, 9.17) is 9.90 Å². The zero-order valence-electron chi connectivity index (χ0n) is 6.53. The first-order valence-corrected chi connectivity index (χ1v) is 3.00. The Bertz CT molecular complexity index is 153. The molecule has 0 heterocycles. The van der Waals surface area contributed by atoms with E-state index in [0.717, 1.165) is 0 Å². The van der Waals surface area contributed by atoms with E-state index in [1.807, 2.05) is 12.9 Å². The van der Waals surface area contributed by atoms with Gasteiger partial charge in [0.1, 0.15) is 12.5 Å². The van der Waals surface area contributed by atoms with Crippen molar-refractivity contribution in [3.05, 3.63) is 30.3 Å². The number of phenolic OH excluding ortho intramolecular Hbond substituents is 1. The molecule has 62 valence electrons. The van der Waals surface area contributed by atoms with Gasteiger partial charge in [0.05, 0.1) is 0 Å². The molecule has 0 aromatic heterocycles. The van der Waals surface area contributed by atoms with Crippen LogP contribution in [0.2, 0.25) is 0 Å². The van der Waals surface area contributed by atoms with Crippen LogP contribution in [0.15, 0.2) is 30.3 Å². The summed E-state index contributed by atoms with van der Waals surface area (Å²) in [5.41, 5.74) is 4.50. The standard InChI is InChI=1S/C6H6O.CH5N.CH2O/c7-6-4-2-1-3-5-6;2*1-2/h1-5,7H;2H2,1H3;1H2. The Balaban J connectivity index is 0. The molecule has 0 amide bonds. The SMILES string of the molecule is C=O.CN.Oc1ccccc1. The highest BCUT2D eigenvalue weighted by Gasteiger charge is 1.74. The third-order valence-electron chi connectivity index (χ3n) is 0.756. The number of rotatable bonds is 0. The maximum absolute atomic E-state index is 8.63. The monoisotopic (exact) mass is 155 g/mol. The molecule has 0 aliphatic carbocycles. The van der Waals surface area contributed by atoms with E-state index in [-0.39, 0.29) is 0 Å². The molecule has 0 spiro atoms. The van der Waals surface area contributed by atoms with Crippen molar-refractivity contribution in [1.29, 1.82) is 0 Å². The zero-order chi connectivity index (χ0) is 9.11. The van der Waals surface area contributed by atoms with Gasteiger partial charge in [-0.1, -0.05) is 18.2 Å². The van der Waals surface area contributed by atoms with Crippen LogP contribution in [0, 0.1) is 0 Å². The Hall–Kier alpha value is -1.35. The van der Waals surface area contributed by atoms with Crippen molar-refractivity contribution in [3.63, 3.8) is 0 Å². The predicted molar refractivity (Wildman–Crippen MR) is 45.3 cm³/mol. The summed E-state index contributed by atoms with van der Waals surface area (Å²) >= 11 is 0. The third kappa shape index (κ3) is 8.65. The minimum Gasteiger partial charge on any atom is -0.508 e. The van der Waals surface area contributed by atoms with Gasteiger partial charge in [-0.05, 0) is 19.2 Å². The van der Waals surface area contributed by atoms with Crippen LogP contribution >= 0.6 is 0 Å². The molecule has 0 aliphatic heterocycles. The van der Waals surface area contributed by atoms with Crippen molar-refractivity contribution in [2.45, 2.75) is 0 Å². The van der Waals surface area contributed by atoms with E-state index in [2.05, 4.69) is 5.73 Å². The average molecular weight is 155 g/mol. The second kappa shape index (κ2) is 11.4. The highest BCUT2D eigenvalue weighted by Crippen LogP contribution is 2.02. The smallest absolute Gasteiger partial charge is 0.115 e. The summed E-state index contributed by atoms with van der Waals surface area (Å²) < 4.78 is 0. The van der Waals surface area contributed by atoms with Crippen molar-refractivity contribution in [2.75, 3.05) is 7.05 Å². The van der Waals surface area contributed by atoms with Crippen LogP contribution in [0.25, 0.3) is 0 Å². The lowest BCUT2D eigenvalue weighted by atomic mass is 10.3. The van der Waals surface area contributed by atoms with Crippen molar-refractivity contribution in [2.24, 2.45) is 5.73 Å². The summed E-state index contributed by atoms with van der Waals surface area (Å²) in [6.07, 6.45) is 0. The third-order valence-corrected chi connectivity index (χ3v) is 0.756. The molecule has 0 saturated carbocycles. The number of para-hydroxylation sites is 1. The molecule has 0 atom stereocenters. The van der Waals surface area contributed by atoms with Crippen LogP contribution in [-0.2, 0) is 4.79 Å². The molecule has 0 radical (unpaired) electrons. The van der Waals surface area contributed by atoms with Crippen LogP contribution in [-0.4, -0.2) is 18.9 Å². The van der Waals surface area contributed by atoms with Crippen molar-refractivity contribution in [3.8, 4) is 5.75 Å². The second-order valence-corrected chi connectivity index (χ2v) is 1.34. The lowest BCUT2D eigenvalue weighted by Gasteiger charge is -1.82. The number of benzene rings is 1. The first kappa shape index (κ1) is 12.3. The Morgan fingerprint density at radius 2 is 1.55 bits per heavy atom. The van der Waals surface area contributed by atoms with Gasteiger partial charge in [0, 0.05) is 0 Å². The van der Waals surface area contributed by atoms with Crippen LogP contribution in [0.1, 0.15) is 0 Å². The van der Waals surface area contributed by atoms with E-state index in [1.54, 1.807) is 24.3 Å². The first-order chi connectivity index (χ1) is 5.39. The van der Waals surface area contributed by atoms with Gasteiger partial charge < -0.3 is 15.6 Å². The molecule has 1 aromatic carbocycles. The lowest BCUT2D eigenvalue weighted by Crippen LogP contribution is -1.69. The van der Waals surface area contributed by atoms with Crippen molar-refractivity contribution < 1.29 is 9.90 Å². The van der Waals surface area contributed by atoms with Crippen LogP contribution < -0.4 is 5.73 Å². The molecule has 3 nitrogen and oxygen atoms in total. The fourth-order valence-electron chi connectivity index (χ4n) is 0.428. The summed E-state index contributed by atoms with van der Waals surface area (Å²) in [6, 6.07) is 8.71. The normalized spacial score (nSPS) is 6.36. The number of nitrogens with two attached hydrogens (primary N) is 1. The van der Waals surface area contributed by atoms with Gasteiger partial charge in [0.2, 0.25) is 0 Å². The van der Waals surface area contributed by atoms with Crippen molar-refractivity contribution >= 4 is 6.79 Å². The zero-order valence-corrected chi connectivity index (χ0v) is 6.53. The fraction of sp³-hybridized carbons (Fsp3) is 0.125. The molecule has 1 aromatic rings. The number of hydrogen-bond donors (Lipinski definition) is 2. The molecular formula is C8H13NO2. The Labute approximate surface area is 66.5 Å². The van der Waals surface area contributed by atoms with Gasteiger partial charge in [-0.25, -0.2) is 0 Å². The molecule has 0 aliphatic rings. The molecule has 0 fully saturated rings. The lowest BCUT2D eigenvalue weighted by molar-refractivity contribution is -0.0979. The predicted octanol–water partition coefficient (Wildman–Crippen LogP) is 0.782. The quantitative estimate of drug-likeness (QED) is 0.582. The summed E-state index contributed by atoms with van der Waals surface area (Å²) in [4.78, 5) is 8.00. The Kier molecular flexibility index (Phi) is 12.8. The number of phenols is 1. The number of carbonyl (C=O) groups is 1. The van der Waals surface area contributed by atoms with Crippen LogP contribution in [0.3, 0.4) is 0 Å². The van der Waals surface area contributed by atoms with Crippen LogP contribution in [0.4, 0.5) is 0 Å². The fourth-order valence-corrected chi connectivity index (χ4v) is 0.428. The largest absolute Gasteiger partial charge is 0.508 e. The minimum atomic E-state index is 0.322. The molecule has 1 rings (SSSR count). The number of carbonyl (C=O) groups excluding carboxylic acids is 1. The number of hydrogen-bond acceptors (Lipinski definition) is 3. The van der Waals surface area contributed by atoms with Gasteiger partial charge in [0.25, 0.3) is 0 Å². The topological polar surface area (TPSA) is 63.3 Å². The van der Waals surface area contributed by atoms with Gasteiger partial charge >= 0.3 is 0 Å².